The van der Waals surface area contributed by atoms with Gasteiger partial charge in [-0.05, 0) is 32.0 Å². The summed E-state index contributed by atoms with van der Waals surface area (Å²) in [6.07, 6.45) is 0. The lowest BCUT2D eigenvalue weighted by Gasteiger charge is -2.11. The molecule has 0 unspecified atom stereocenters. The van der Waals surface area contributed by atoms with E-state index in [9.17, 15) is 4.79 Å². The van der Waals surface area contributed by atoms with Gasteiger partial charge in [0.05, 0.1) is 23.7 Å². The Kier molecular flexibility index (Phi) is 3.77. The summed E-state index contributed by atoms with van der Waals surface area (Å²) >= 11 is 1.62. The Bertz CT molecular complexity index is 858. The summed E-state index contributed by atoms with van der Waals surface area (Å²) in [5.41, 5.74) is 1.14. The van der Waals surface area contributed by atoms with Crippen molar-refractivity contribution in [3.05, 3.63) is 46.6 Å². The molecule has 0 bridgehead atoms. The highest BCUT2D eigenvalue weighted by molar-refractivity contribution is 7.18. The number of carbonyl (C=O) groups excluding carboxylic acids is 1. The van der Waals surface area contributed by atoms with Crippen LogP contribution in [0.3, 0.4) is 0 Å². The van der Waals surface area contributed by atoms with Crippen LogP contribution in [-0.4, -0.2) is 23.0 Å². The van der Waals surface area contributed by atoms with Gasteiger partial charge in [0.25, 0.3) is 0 Å². The number of rotatable bonds is 3. The molecule has 22 heavy (non-hydrogen) atoms. The first-order chi connectivity index (χ1) is 10.6. The fraction of sp³-hybridized carbons (Fsp3) is 0.188. The molecule has 3 rings (SSSR count). The number of carbonyl (C=O) groups is 1. The third-order valence-electron chi connectivity index (χ3n) is 3.21. The lowest BCUT2D eigenvalue weighted by atomic mass is 10.1. The highest BCUT2D eigenvalue weighted by Crippen LogP contribution is 2.31. The fourth-order valence-corrected chi connectivity index (χ4v) is 3.18. The quantitative estimate of drug-likeness (QED) is 0.744. The zero-order valence-electron chi connectivity index (χ0n) is 12.5. The number of nitrogens with one attached hydrogen (secondary N) is 1. The largest absolute Gasteiger partial charge is 0.465 e. The van der Waals surface area contributed by atoms with E-state index >= 15 is 0 Å². The molecule has 0 aliphatic rings. The van der Waals surface area contributed by atoms with Crippen LogP contribution in [0.1, 0.15) is 21.1 Å². The number of aromatic nitrogens is 2. The van der Waals surface area contributed by atoms with Crippen LogP contribution < -0.4 is 5.32 Å². The summed E-state index contributed by atoms with van der Waals surface area (Å²) in [4.78, 5) is 22.9. The predicted octanol–water partition coefficient (Wildman–Crippen LogP) is 3.84. The number of anilines is 2. The van der Waals surface area contributed by atoms with E-state index in [1.54, 1.807) is 23.5 Å². The molecular weight excluding hydrogens is 298 g/mol. The van der Waals surface area contributed by atoms with Gasteiger partial charge in [0.15, 0.2) is 0 Å². The van der Waals surface area contributed by atoms with Crippen LogP contribution in [0.4, 0.5) is 11.5 Å². The van der Waals surface area contributed by atoms with Crippen molar-refractivity contribution in [2.45, 2.75) is 13.8 Å². The van der Waals surface area contributed by atoms with Gasteiger partial charge in [-0.15, -0.1) is 11.3 Å². The molecule has 0 fully saturated rings. The van der Waals surface area contributed by atoms with Gasteiger partial charge in [0.2, 0.25) is 0 Å². The van der Waals surface area contributed by atoms with E-state index in [1.807, 2.05) is 32.0 Å². The van der Waals surface area contributed by atoms with Crippen LogP contribution in [0.25, 0.3) is 10.2 Å². The first-order valence-electron chi connectivity index (χ1n) is 6.77. The van der Waals surface area contributed by atoms with Gasteiger partial charge in [0, 0.05) is 4.88 Å². The molecule has 0 aliphatic carbocycles. The summed E-state index contributed by atoms with van der Waals surface area (Å²) in [7, 11) is 1.37. The molecule has 6 heteroatoms. The number of para-hydroxylation sites is 1. The van der Waals surface area contributed by atoms with Crippen molar-refractivity contribution < 1.29 is 9.53 Å². The van der Waals surface area contributed by atoms with Crippen LogP contribution in [-0.2, 0) is 4.74 Å². The van der Waals surface area contributed by atoms with Crippen molar-refractivity contribution in [1.82, 2.24) is 9.97 Å². The molecule has 2 heterocycles. The molecule has 5 nitrogen and oxygen atoms in total. The molecule has 3 aromatic rings. The van der Waals surface area contributed by atoms with E-state index < -0.39 is 0 Å². The average molecular weight is 313 g/mol. The van der Waals surface area contributed by atoms with E-state index in [-0.39, 0.29) is 5.97 Å². The molecule has 2 aromatic heterocycles. The summed E-state index contributed by atoms with van der Waals surface area (Å²) in [5, 5.41) is 4.19. The molecule has 0 atom stereocenters. The molecule has 1 aromatic carbocycles. The maximum atomic E-state index is 11.9. The van der Waals surface area contributed by atoms with Gasteiger partial charge in [-0.2, -0.15) is 0 Å². The highest BCUT2D eigenvalue weighted by atomic mass is 32.1. The third-order valence-corrected chi connectivity index (χ3v) is 4.16. The lowest BCUT2D eigenvalue weighted by Crippen LogP contribution is -2.06. The van der Waals surface area contributed by atoms with E-state index in [2.05, 4.69) is 15.3 Å². The number of hydrogen-bond acceptors (Lipinski definition) is 6. The third kappa shape index (κ3) is 2.65. The molecule has 0 aliphatic heterocycles. The summed E-state index contributed by atoms with van der Waals surface area (Å²) in [5.74, 6) is 1.00. The maximum absolute atomic E-state index is 11.9. The number of aryl methyl sites for hydroxylation is 2. The second kappa shape index (κ2) is 5.73. The molecule has 0 radical (unpaired) electrons. The second-order valence-corrected chi connectivity index (χ2v) is 6.09. The Balaban J connectivity index is 2.09. The zero-order valence-corrected chi connectivity index (χ0v) is 13.3. The molecule has 0 spiro atoms. The Hall–Kier alpha value is -2.47. The lowest BCUT2D eigenvalue weighted by molar-refractivity contribution is 0.0602. The number of nitrogens with zero attached hydrogens (tertiary/aromatic N) is 2. The van der Waals surface area contributed by atoms with Crippen molar-refractivity contribution in [2.24, 2.45) is 0 Å². The second-order valence-electron chi connectivity index (χ2n) is 4.86. The van der Waals surface area contributed by atoms with Crippen molar-refractivity contribution in [2.75, 3.05) is 12.4 Å². The van der Waals surface area contributed by atoms with Crippen molar-refractivity contribution in [3.63, 3.8) is 0 Å². The van der Waals surface area contributed by atoms with Crippen LogP contribution >= 0.6 is 11.3 Å². The molecule has 1 N–H and O–H groups in total. The number of esters is 1. The number of methoxy groups -OCH3 is 1. The minimum Gasteiger partial charge on any atom is -0.465 e. The molecule has 0 saturated carbocycles. The molecule has 0 saturated heterocycles. The van der Waals surface area contributed by atoms with Crippen molar-refractivity contribution in [1.29, 1.82) is 0 Å². The maximum Gasteiger partial charge on any atom is 0.339 e. The van der Waals surface area contributed by atoms with E-state index in [4.69, 9.17) is 4.74 Å². The van der Waals surface area contributed by atoms with Crippen molar-refractivity contribution in [3.8, 4) is 0 Å². The van der Waals surface area contributed by atoms with E-state index in [0.29, 0.717) is 22.9 Å². The van der Waals surface area contributed by atoms with Gasteiger partial charge in [-0.3, -0.25) is 0 Å². The first-order valence-corrected chi connectivity index (χ1v) is 7.59. The van der Waals surface area contributed by atoms with Crippen LogP contribution in [0.15, 0.2) is 30.3 Å². The standard InChI is InChI=1S/C16H15N3O2S/c1-9-8-12-14(17-10(2)18-15(12)22-9)19-13-7-5-4-6-11(13)16(20)21-3/h4-8H,1-3H3,(H,17,18,19). The van der Waals surface area contributed by atoms with Gasteiger partial charge < -0.3 is 10.1 Å². The fourth-order valence-electron chi connectivity index (χ4n) is 2.25. The normalized spacial score (nSPS) is 10.7. The Morgan fingerprint density at radius 3 is 2.77 bits per heavy atom. The molecular formula is C16H15N3O2S. The summed E-state index contributed by atoms with van der Waals surface area (Å²) in [6.45, 7) is 3.89. The monoisotopic (exact) mass is 313 g/mol. The van der Waals surface area contributed by atoms with Crippen LogP contribution in [0.5, 0.6) is 0 Å². The minimum atomic E-state index is -0.383. The molecule has 112 valence electrons. The van der Waals surface area contributed by atoms with E-state index in [0.717, 1.165) is 10.2 Å². The summed E-state index contributed by atoms with van der Waals surface area (Å²) in [6, 6.07) is 9.25. The van der Waals surface area contributed by atoms with E-state index in [1.165, 1.54) is 12.0 Å². The number of hydrogen-bond donors (Lipinski definition) is 1. The number of ether oxygens (including phenoxy) is 1. The van der Waals surface area contributed by atoms with Gasteiger partial charge >= 0.3 is 5.97 Å². The smallest absolute Gasteiger partial charge is 0.339 e. The Morgan fingerprint density at radius 2 is 2.00 bits per heavy atom. The molecule has 0 amide bonds. The van der Waals surface area contributed by atoms with Crippen molar-refractivity contribution >= 4 is 39.0 Å². The Labute approximate surface area is 132 Å². The number of benzene rings is 1. The van der Waals surface area contributed by atoms with Gasteiger partial charge in [-0.25, -0.2) is 14.8 Å². The van der Waals surface area contributed by atoms with Gasteiger partial charge in [0.1, 0.15) is 16.5 Å². The average Bonchev–Trinajstić information content (AvgIpc) is 2.87. The highest BCUT2D eigenvalue weighted by Gasteiger charge is 2.14. The van der Waals surface area contributed by atoms with Crippen LogP contribution in [0, 0.1) is 13.8 Å². The van der Waals surface area contributed by atoms with Gasteiger partial charge in [-0.1, -0.05) is 12.1 Å². The first kappa shape index (κ1) is 14.5. The Morgan fingerprint density at radius 1 is 1.23 bits per heavy atom. The zero-order chi connectivity index (χ0) is 15.7. The SMILES string of the molecule is COC(=O)c1ccccc1Nc1nc(C)nc2sc(C)cc12. The summed E-state index contributed by atoms with van der Waals surface area (Å²) < 4.78 is 4.82. The number of thiophene rings is 1. The minimum absolute atomic E-state index is 0.383. The topological polar surface area (TPSA) is 64.1 Å². The van der Waals surface area contributed by atoms with Crippen LogP contribution in [0.2, 0.25) is 0 Å². The predicted molar refractivity (Wildman–Crippen MR) is 88.0 cm³/mol. The number of fused-ring (bicyclic) bond motifs is 1.